The Labute approximate surface area is 228 Å². The minimum absolute atomic E-state index is 0.0430. The summed E-state index contributed by atoms with van der Waals surface area (Å²) in [6.07, 6.45) is 10.7. The maximum absolute atomic E-state index is 10.8. The van der Waals surface area contributed by atoms with E-state index in [2.05, 4.69) is 5.32 Å². The molecule has 1 amide bonds. The summed E-state index contributed by atoms with van der Waals surface area (Å²) in [5.41, 5.74) is 27.6. The van der Waals surface area contributed by atoms with E-state index in [0.29, 0.717) is 38.8 Å². The number of nitrogens with two attached hydrogens (primary N) is 5. The molecule has 4 fully saturated rings. The van der Waals surface area contributed by atoms with Crippen molar-refractivity contribution in [3.05, 3.63) is 0 Å². The third-order valence-corrected chi connectivity index (χ3v) is 7.33. The highest BCUT2D eigenvalue weighted by Gasteiger charge is 2.32. The van der Waals surface area contributed by atoms with E-state index >= 15 is 0 Å². The minimum atomic E-state index is -0.301. The summed E-state index contributed by atoms with van der Waals surface area (Å²) in [5, 5.41) is 12.4. The average molecular weight is 547 g/mol. The van der Waals surface area contributed by atoms with Crippen molar-refractivity contribution in [2.75, 3.05) is 39.5 Å². The van der Waals surface area contributed by atoms with Gasteiger partial charge in [0.15, 0.2) is 6.29 Å². The third-order valence-electron chi connectivity index (χ3n) is 7.33. The lowest BCUT2D eigenvalue weighted by Crippen LogP contribution is -2.46. The van der Waals surface area contributed by atoms with Gasteiger partial charge in [0.05, 0.1) is 37.6 Å². The Morgan fingerprint density at radius 2 is 1.63 bits per heavy atom. The van der Waals surface area contributed by atoms with Crippen molar-refractivity contribution in [2.24, 2.45) is 28.7 Å². The lowest BCUT2D eigenvalue weighted by molar-refractivity contribution is -0.175. The van der Waals surface area contributed by atoms with Gasteiger partial charge in [-0.15, -0.1) is 0 Å². The quantitative estimate of drug-likeness (QED) is 0.189. The molecule has 12 N–H and O–H groups in total. The number of carbonyl (C=O) groups is 1. The zero-order chi connectivity index (χ0) is 27.8. The number of nitrogens with one attached hydrogen (secondary N) is 1. The lowest BCUT2D eigenvalue weighted by Gasteiger charge is -2.34. The van der Waals surface area contributed by atoms with Gasteiger partial charge in [-0.1, -0.05) is 0 Å². The minimum Gasteiger partial charge on any atom is -0.394 e. The second kappa shape index (κ2) is 19.2. The highest BCUT2D eigenvalue weighted by molar-refractivity contribution is 5.73. The SMILES string of the molecule is NC(=O)CCNC1CC(N)CC(OC2CCC(CO)O2)C1.NCC1CCCCO1.NC[C@H]1CC[C@@H](N)CO1. The average Bonchev–Trinajstić information content (AvgIpc) is 3.37. The first-order chi connectivity index (χ1) is 18.3. The fraction of sp³-hybridized carbons (Fsp3) is 0.962. The molecule has 6 unspecified atom stereocenters. The molecule has 0 aromatic carbocycles. The van der Waals surface area contributed by atoms with Gasteiger partial charge in [-0.3, -0.25) is 4.79 Å². The molecule has 1 saturated carbocycles. The van der Waals surface area contributed by atoms with E-state index in [1.807, 2.05) is 0 Å². The number of carbonyl (C=O) groups excluding carboxylic acids is 1. The van der Waals surface area contributed by atoms with Gasteiger partial charge in [-0.05, 0) is 57.8 Å². The number of hydrogen-bond donors (Lipinski definition) is 7. The fourth-order valence-corrected chi connectivity index (χ4v) is 5.11. The van der Waals surface area contributed by atoms with Crippen LogP contribution in [0.2, 0.25) is 0 Å². The van der Waals surface area contributed by atoms with E-state index < -0.39 is 0 Å². The maximum Gasteiger partial charge on any atom is 0.218 e. The van der Waals surface area contributed by atoms with Crippen LogP contribution in [-0.4, -0.2) is 99.3 Å². The molecule has 1 aliphatic carbocycles. The number of primary amides is 1. The molecule has 3 aliphatic heterocycles. The van der Waals surface area contributed by atoms with E-state index in [-0.39, 0.29) is 55.2 Å². The second-order valence-electron chi connectivity index (χ2n) is 10.8. The molecule has 0 bridgehead atoms. The predicted molar refractivity (Wildman–Crippen MR) is 146 cm³/mol. The van der Waals surface area contributed by atoms with Crippen LogP contribution in [0.5, 0.6) is 0 Å². The van der Waals surface area contributed by atoms with Crippen molar-refractivity contribution in [1.82, 2.24) is 5.32 Å². The van der Waals surface area contributed by atoms with Gasteiger partial charge < -0.3 is 58.0 Å². The molecule has 0 aromatic rings. The van der Waals surface area contributed by atoms with E-state index in [4.69, 9.17) is 52.7 Å². The molecule has 8 atom stereocenters. The van der Waals surface area contributed by atoms with Crippen LogP contribution in [0, 0.1) is 0 Å². The molecule has 4 rings (SSSR count). The van der Waals surface area contributed by atoms with Crippen LogP contribution >= 0.6 is 0 Å². The molecule has 4 aliphatic rings. The zero-order valence-corrected chi connectivity index (χ0v) is 23.0. The summed E-state index contributed by atoms with van der Waals surface area (Å²) in [6, 6.07) is 0.575. The van der Waals surface area contributed by atoms with Crippen molar-refractivity contribution in [3.63, 3.8) is 0 Å². The van der Waals surface area contributed by atoms with Crippen LogP contribution in [0.15, 0.2) is 0 Å². The number of ether oxygens (including phenoxy) is 4. The van der Waals surface area contributed by atoms with Crippen molar-refractivity contribution >= 4 is 5.91 Å². The summed E-state index contributed by atoms with van der Waals surface area (Å²) in [5.74, 6) is -0.301. The standard InChI is InChI=1S/C14H27N3O4.C6H14N2O.C6H13NO/c15-9-5-10(17-4-3-13(16)19)7-12(6-9)21-14-2-1-11(8-18)20-14;7-3-6-2-1-5(8)4-9-6;7-5-6-3-1-2-4-8-6/h9-12,14,17-18H,1-8,15H2,(H2,16,19);5-6H,1-4,7-8H2;6H,1-5,7H2/t;5-,6-;/m.1./s1. The number of aliphatic hydroxyl groups excluding tert-OH is 1. The maximum atomic E-state index is 10.8. The van der Waals surface area contributed by atoms with Crippen molar-refractivity contribution in [2.45, 2.75) is 119 Å². The first kappa shape index (κ1) is 33.3. The molecule has 12 nitrogen and oxygen atoms in total. The van der Waals surface area contributed by atoms with Crippen molar-refractivity contribution in [1.29, 1.82) is 0 Å². The van der Waals surface area contributed by atoms with Gasteiger partial charge >= 0.3 is 0 Å². The first-order valence-corrected chi connectivity index (χ1v) is 14.4. The van der Waals surface area contributed by atoms with Gasteiger partial charge in [0, 0.05) is 57.2 Å². The van der Waals surface area contributed by atoms with Crippen LogP contribution in [0.1, 0.15) is 70.6 Å². The fourth-order valence-electron chi connectivity index (χ4n) is 5.11. The summed E-state index contributed by atoms with van der Waals surface area (Å²) >= 11 is 0. The summed E-state index contributed by atoms with van der Waals surface area (Å²) in [4.78, 5) is 10.8. The normalized spacial score (nSPS) is 35.4. The summed E-state index contributed by atoms with van der Waals surface area (Å²) in [6.45, 7) is 3.55. The van der Waals surface area contributed by atoms with E-state index in [1.54, 1.807) is 0 Å². The molecule has 3 saturated heterocycles. The van der Waals surface area contributed by atoms with Crippen molar-refractivity contribution < 1.29 is 28.8 Å². The molecular formula is C26H54N6O6. The monoisotopic (exact) mass is 546 g/mol. The molecule has 3 heterocycles. The number of aliphatic hydroxyl groups is 1. The number of rotatable bonds is 9. The van der Waals surface area contributed by atoms with Gasteiger partial charge in [0.25, 0.3) is 0 Å². The van der Waals surface area contributed by atoms with Gasteiger partial charge in [-0.25, -0.2) is 0 Å². The van der Waals surface area contributed by atoms with Gasteiger partial charge in [0.2, 0.25) is 5.91 Å². The Hall–Kier alpha value is -0.930. The smallest absolute Gasteiger partial charge is 0.218 e. The highest BCUT2D eigenvalue weighted by Crippen LogP contribution is 2.27. The number of hydrogen-bond acceptors (Lipinski definition) is 11. The Morgan fingerprint density at radius 3 is 2.18 bits per heavy atom. The third kappa shape index (κ3) is 13.9. The Bertz CT molecular complexity index is 621. The van der Waals surface area contributed by atoms with Crippen LogP contribution in [0.3, 0.4) is 0 Å². The molecule has 38 heavy (non-hydrogen) atoms. The van der Waals surface area contributed by atoms with E-state index in [0.717, 1.165) is 58.0 Å². The molecule has 12 heteroatoms. The Balaban J connectivity index is 0.000000243. The van der Waals surface area contributed by atoms with Gasteiger partial charge in [0.1, 0.15) is 0 Å². The Morgan fingerprint density at radius 1 is 0.895 bits per heavy atom. The predicted octanol–water partition coefficient (Wildman–Crippen LogP) is -0.821. The Kier molecular flexibility index (Phi) is 16.8. The number of amides is 1. The molecule has 0 spiro atoms. The largest absolute Gasteiger partial charge is 0.394 e. The van der Waals surface area contributed by atoms with Crippen LogP contribution < -0.4 is 34.0 Å². The van der Waals surface area contributed by atoms with E-state index in [9.17, 15) is 4.79 Å². The van der Waals surface area contributed by atoms with E-state index in [1.165, 1.54) is 12.8 Å². The van der Waals surface area contributed by atoms with Gasteiger partial charge in [-0.2, -0.15) is 0 Å². The van der Waals surface area contributed by atoms with Crippen LogP contribution in [0.25, 0.3) is 0 Å². The molecule has 0 aromatic heterocycles. The van der Waals surface area contributed by atoms with Crippen molar-refractivity contribution in [3.8, 4) is 0 Å². The first-order valence-electron chi connectivity index (χ1n) is 14.4. The zero-order valence-electron chi connectivity index (χ0n) is 23.0. The molecule has 0 radical (unpaired) electrons. The summed E-state index contributed by atoms with van der Waals surface area (Å²) in [7, 11) is 0. The van der Waals surface area contributed by atoms with Crippen LogP contribution in [-0.2, 0) is 23.7 Å². The highest BCUT2D eigenvalue weighted by atomic mass is 16.7. The lowest BCUT2D eigenvalue weighted by atomic mass is 9.89. The molecular weight excluding hydrogens is 492 g/mol. The second-order valence-corrected chi connectivity index (χ2v) is 10.8. The van der Waals surface area contributed by atoms with Crippen LogP contribution in [0.4, 0.5) is 0 Å². The summed E-state index contributed by atoms with van der Waals surface area (Å²) < 4.78 is 22.2. The molecule has 224 valence electrons. The topological polar surface area (TPSA) is 216 Å².